The molecule has 13 heteroatoms. The molecule has 10 atom stereocenters. The Labute approximate surface area is 317 Å². The molecule has 2 fully saturated rings. The fourth-order valence-electron chi connectivity index (χ4n) is 7.22. The van der Waals surface area contributed by atoms with Crippen molar-refractivity contribution >= 4 is 22.6 Å². The van der Waals surface area contributed by atoms with E-state index in [2.05, 4.69) is 67.6 Å². The second-order valence-electron chi connectivity index (χ2n) is 17.3. The van der Waals surface area contributed by atoms with Crippen molar-refractivity contribution in [2.45, 2.75) is 192 Å². The summed E-state index contributed by atoms with van der Waals surface area (Å²) >= 11 is 0. The lowest BCUT2D eigenvalue weighted by molar-refractivity contribution is -0.376. The van der Waals surface area contributed by atoms with Crippen molar-refractivity contribution in [3.8, 4) is 0 Å². The minimum Gasteiger partial charge on any atom is -0.456 e. The lowest BCUT2D eigenvalue weighted by Gasteiger charge is -2.56. The van der Waals surface area contributed by atoms with Crippen LogP contribution in [0.3, 0.4) is 0 Å². The lowest BCUT2D eigenvalue weighted by Crippen LogP contribution is -2.70. The molecule has 0 aromatic carbocycles. The Bertz CT molecular complexity index is 1130. The summed E-state index contributed by atoms with van der Waals surface area (Å²) in [6.45, 7) is 25.6. The zero-order chi connectivity index (χ0) is 39.9. The Hall–Kier alpha value is -0.716. The van der Waals surface area contributed by atoms with Gasteiger partial charge in [0.05, 0.1) is 30.5 Å². The van der Waals surface area contributed by atoms with E-state index in [-0.39, 0.29) is 30.2 Å². The minimum atomic E-state index is -2.33. The number of ether oxygens (including phenoxy) is 5. The smallest absolute Gasteiger partial charge is 0.338 e. The van der Waals surface area contributed by atoms with E-state index in [4.69, 9.17) is 32.5 Å². The predicted octanol–water partition coefficient (Wildman–Crippen LogP) is 6.74. The highest BCUT2D eigenvalue weighted by atomic mass is 28.4. The molecule has 52 heavy (non-hydrogen) atoms. The molecule has 0 aromatic heterocycles. The molecule has 2 aliphatic rings. The first-order valence-electron chi connectivity index (χ1n) is 19.6. The molecule has 0 aliphatic carbocycles. The van der Waals surface area contributed by atoms with Crippen LogP contribution in [0.2, 0.25) is 36.3 Å². The number of esters is 1. The van der Waals surface area contributed by atoms with Crippen molar-refractivity contribution in [2.24, 2.45) is 11.3 Å². The summed E-state index contributed by atoms with van der Waals surface area (Å²) in [7, 11) is 0.244. The van der Waals surface area contributed by atoms with Gasteiger partial charge in [-0.25, -0.2) is 4.79 Å². The largest absolute Gasteiger partial charge is 0.456 e. The van der Waals surface area contributed by atoms with Gasteiger partial charge >= 0.3 is 5.97 Å². The summed E-state index contributed by atoms with van der Waals surface area (Å²) in [5.41, 5.74) is -0.478. The van der Waals surface area contributed by atoms with Gasteiger partial charge in [-0.1, -0.05) is 68.4 Å². The van der Waals surface area contributed by atoms with Gasteiger partial charge in [0.25, 0.3) is 0 Å². The average Bonchev–Trinajstić information content (AvgIpc) is 3.09. The second kappa shape index (κ2) is 19.4. The third-order valence-corrected chi connectivity index (χ3v) is 22.0. The molecule has 0 spiro atoms. The highest BCUT2D eigenvalue weighted by Gasteiger charge is 2.62. The fourth-order valence-corrected chi connectivity index (χ4v) is 11.1. The number of rotatable bonds is 14. The van der Waals surface area contributed by atoms with Crippen LogP contribution in [0, 0.1) is 11.3 Å². The van der Waals surface area contributed by atoms with E-state index in [0.717, 1.165) is 30.1 Å². The number of aliphatic hydroxyl groups excluding tert-OH is 2. The van der Waals surface area contributed by atoms with Gasteiger partial charge < -0.3 is 47.9 Å². The number of hydrogen-bond donors (Lipinski definition) is 3. The van der Waals surface area contributed by atoms with Crippen molar-refractivity contribution in [3.63, 3.8) is 0 Å². The van der Waals surface area contributed by atoms with E-state index in [1.807, 2.05) is 6.92 Å². The fraction of sp³-hybridized carbons (Fsp3) is 0.923. The van der Waals surface area contributed by atoms with Crippen molar-refractivity contribution in [2.75, 3.05) is 27.9 Å². The van der Waals surface area contributed by atoms with Crippen LogP contribution in [0.15, 0.2) is 11.6 Å². The molecule has 2 bridgehead atoms. The molecular formula is C39H76O11Si2. The van der Waals surface area contributed by atoms with Gasteiger partial charge in [-0.2, -0.15) is 0 Å². The Morgan fingerprint density at radius 3 is 1.98 bits per heavy atom. The normalized spacial score (nSPS) is 33.7. The van der Waals surface area contributed by atoms with Crippen LogP contribution in [0.25, 0.3) is 0 Å². The van der Waals surface area contributed by atoms with Gasteiger partial charge in [-0.05, 0) is 61.1 Å². The Balaban J connectivity index is 2.64. The van der Waals surface area contributed by atoms with E-state index in [1.165, 1.54) is 7.11 Å². The molecule has 2 rings (SSSR count). The molecule has 2 aliphatic heterocycles. The Kier molecular flexibility index (Phi) is 17.7. The van der Waals surface area contributed by atoms with Gasteiger partial charge in [-0.15, -0.1) is 0 Å². The number of fused-ring (bicyclic) bond motifs is 2. The molecule has 0 aromatic rings. The zero-order valence-electron chi connectivity index (χ0n) is 35.2. The highest BCUT2D eigenvalue weighted by Crippen LogP contribution is 2.49. The van der Waals surface area contributed by atoms with Crippen LogP contribution in [0.1, 0.15) is 101 Å². The van der Waals surface area contributed by atoms with Crippen molar-refractivity contribution in [1.82, 2.24) is 0 Å². The maximum atomic E-state index is 13.7. The summed E-state index contributed by atoms with van der Waals surface area (Å²) in [6, 6.07) is 2.53. The summed E-state index contributed by atoms with van der Waals surface area (Å²) in [6.07, 6.45) is -3.68. The first-order chi connectivity index (χ1) is 24.0. The maximum Gasteiger partial charge on any atom is 0.338 e. The standard InChI is InChI=1S/C39H76O11Si2/c1-16-27(25-47-51(14,15)37(6,7)8)20-26(5)30-21-28(44-11)24-33(40)38(9,10)39(43)35(50-52(17-2,18-3)19-4)32(46-13)23-29(49-39)22-31(45-12)34(41)36(42)48-30/h20,27-35,40-41,43H,16-19,21-25H2,1-15H3/b26-20-/t27-,28-,29+,30+,31-,32-,33+,34+,35-,39+/m0/s1. The van der Waals surface area contributed by atoms with Crippen LogP contribution in [0.5, 0.6) is 0 Å². The van der Waals surface area contributed by atoms with Crippen molar-refractivity contribution < 1.29 is 52.7 Å². The second-order valence-corrected chi connectivity index (χ2v) is 26.9. The van der Waals surface area contributed by atoms with Crippen molar-refractivity contribution in [1.29, 1.82) is 0 Å². The minimum absolute atomic E-state index is 0.0641. The van der Waals surface area contributed by atoms with E-state index in [0.29, 0.717) is 13.0 Å². The number of cyclic esters (lactones) is 1. The lowest BCUT2D eigenvalue weighted by atomic mass is 9.70. The van der Waals surface area contributed by atoms with E-state index in [1.54, 1.807) is 28.1 Å². The van der Waals surface area contributed by atoms with Crippen LogP contribution in [-0.2, 0) is 37.3 Å². The zero-order valence-corrected chi connectivity index (χ0v) is 37.2. The molecule has 2 heterocycles. The van der Waals surface area contributed by atoms with Crippen LogP contribution in [-0.4, -0.2) is 120 Å². The molecule has 2 saturated heterocycles. The molecule has 0 radical (unpaired) electrons. The summed E-state index contributed by atoms with van der Waals surface area (Å²) in [4.78, 5) is 13.7. The summed E-state index contributed by atoms with van der Waals surface area (Å²) < 4.78 is 43.9. The monoisotopic (exact) mass is 776 g/mol. The molecule has 3 N–H and O–H groups in total. The van der Waals surface area contributed by atoms with E-state index < -0.39 is 82.6 Å². The maximum absolute atomic E-state index is 13.7. The van der Waals surface area contributed by atoms with Gasteiger partial charge in [0.2, 0.25) is 5.79 Å². The van der Waals surface area contributed by atoms with Gasteiger partial charge in [0.1, 0.15) is 12.2 Å². The van der Waals surface area contributed by atoms with Gasteiger partial charge in [-0.3, -0.25) is 0 Å². The average molecular weight is 777 g/mol. The predicted molar refractivity (Wildman–Crippen MR) is 209 cm³/mol. The van der Waals surface area contributed by atoms with Crippen molar-refractivity contribution in [3.05, 3.63) is 11.6 Å². The molecule has 306 valence electrons. The summed E-state index contributed by atoms with van der Waals surface area (Å²) in [5.74, 6) is -2.76. The Morgan fingerprint density at radius 2 is 1.50 bits per heavy atom. The van der Waals surface area contributed by atoms with E-state index >= 15 is 0 Å². The number of carbonyl (C=O) groups is 1. The topological polar surface area (TPSA) is 142 Å². The SMILES string of the molecule is CC[C@@H](/C=C(/C)[C@H]1C[C@H](OC)C[C@@H](O)C(C)(C)[C@]2(O)O[C@H](C[C@H](OC)[C@@H](O)C(=O)O1)C[C@H](OC)[C@@H]2O[Si](CC)(CC)CC)CO[Si](C)(C)C(C)(C)C. The first-order valence-corrected chi connectivity index (χ1v) is 25.0. The molecular weight excluding hydrogens is 701 g/mol. The third-order valence-electron chi connectivity index (χ3n) is 12.9. The number of hydrogen-bond acceptors (Lipinski definition) is 11. The van der Waals surface area contributed by atoms with Crippen LogP contribution in [0.4, 0.5) is 0 Å². The Morgan fingerprint density at radius 1 is 0.942 bits per heavy atom. The van der Waals surface area contributed by atoms with Gasteiger partial charge in [0, 0.05) is 59.0 Å². The quantitative estimate of drug-likeness (QED) is 0.0982. The highest BCUT2D eigenvalue weighted by molar-refractivity contribution is 6.74. The van der Waals surface area contributed by atoms with Gasteiger partial charge in [0.15, 0.2) is 22.7 Å². The molecule has 11 nitrogen and oxygen atoms in total. The molecule has 0 amide bonds. The molecule has 0 unspecified atom stereocenters. The number of aliphatic hydroxyl groups is 3. The van der Waals surface area contributed by atoms with Crippen LogP contribution >= 0.6 is 0 Å². The number of methoxy groups -OCH3 is 3. The first kappa shape index (κ1) is 47.4. The van der Waals surface area contributed by atoms with E-state index in [9.17, 15) is 20.1 Å². The number of carbonyl (C=O) groups excluding carboxylic acids is 1. The third kappa shape index (κ3) is 11.0. The molecule has 0 saturated carbocycles. The van der Waals surface area contributed by atoms with Crippen LogP contribution < -0.4 is 0 Å². The summed E-state index contributed by atoms with van der Waals surface area (Å²) in [5, 5.41) is 36.4.